The third kappa shape index (κ3) is 3.01. The predicted molar refractivity (Wildman–Crippen MR) is 106 cm³/mol. The normalized spacial score (nSPS) is 15.8. The van der Waals surface area contributed by atoms with Crippen molar-refractivity contribution < 1.29 is 4.79 Å². The highest BCUT2D eigenvalue weighted by atomic mass is 16.2. The number of nitrogens with two attached hydrogens (primary N) is 1. The second-order valence-corrected chi connectivity index (χ2v) is 6.64. The van der Waals surface area contributed by atoms with Gasteiger partial charge in [-0.2, -0.15) is 0 Å². The molecule has 1 aromatic heterocycles. The largest absolute Gasteiger partial charge is 0.369 e. The van der Waals surface area contributed by atoms with Crippen LogP contribution in [0.5, 0.6) is 0 Å². The van der Waals surface area contributed by atoms with Gasteiger partial charge in [0, 0.05) is 25.5 Å². The summed E-state index contributed by atoms with van der Waals surface area (Å²) in [5.41, 5.74) is 6.78. The molecule has 5 nitrogen and oxygen atoms in total. The van der Waals surface area contributed by atoms with Crippen LogP contribution in [0.1, 0.15) is 17.5 Å². The maximum atomic E-state index is 13.6. The van der Waals surface area contributed by atoms with Crippen LogP contribution in [0, 0.1) is 0 Å². The number of amides is 1. The Kier molecular flexibility index (Phi) is 4.50. The lowest BCUT2D eigenvalue weighted by molar-refractivity contribution is -0.130. The SMILES string of the molecule is NC1=NC(c2ccccc2)(c2ccccc2)C(=O)N1CCCn1cccc1. The van der Waals surface area contributed by atoms with Gasteiger partial charge in [0.1, 0.15) is 0 Å². The van der Waals surface area contributed by atoms with Crippen molar-refractivity contribution in [2.45, 2.75) is 18.5 Å². The smallest absolute Gasteiger partial charge is 0.266 e. The van der Waals surface area contributed by atoms with Gasteiger partial charge in [-0.15, -0.1) is 0 Å². The summed E-state index contributed by atoms with van der Waals surface area (Å²) in [7, 11) is 0. The molecule has 0 fully saturated rings. The molecule has 5 heteroatoms. The van der Waals surface area contributed by atoms with Gasteiger partial charge in [0.25, 0.3) is 5.91 Å². The van der Waals surface area contributed by atoms with E-state index < -0.39 is 5.54 Å². The van der Waals surface area contributed by atoms with E-state index in [4.69, 9.17) is 10.7 Å². The van der Waals surface area contributed by atoms with Crippen LogP contribution >= 0.6 is 0 Å². The quantitative estimate of drug-likeness (QED) is 0.736. The number of nitrogens with zero attached hydrogens (tertiary/aromatic N) is 3. The van der Waals surface area contributed by atoms with Crippen molar-refractivity contribution >= 4 is 11.9 Å². The highest BCUT2D eigenvalue weighted by molar-refractivity contribution is 6.09. The van der Waals surface area contributed by atoms with Crippen molar-refractivity contribution in [3.05, 3.63) is 96.3 Å². The Morgan fingerprint density at radius 2 is 1.37 bits per heavy atom. The molecule has 0 spiro atoms. The first-order valence-corrected chi connectivity index (χ1v) is 9.11. The number of aryl methyl sites for hydroxylation is 1. The number of hydrogen-bond donors (Lipinski definition) is 1. The lowest BCUT2D eigenvalue weighted by Gasteiger charge is -2.27. The highest BCUT2D eigenvalue weighted by Gasteiger charge is 2.50. The summed E-state index contributed by atoms with van der Waals surface area (Å²) in [6.07, 6.45) is 4.83. The number of aliphatic imine (C=N–C) groups is 1. The molecule has 0 radical (unpaired) electrons. The van der Waals surface area contributed by atoms with Crippen LogP contribution < -0.4 is 5.73 Å². The van der Waals surface area contributed by atoms with Gasteiger partial charge in [0.2, 0.25) is 0 Å². The Hall–Kier alpha value is -3.34. The summed E-state index contributed by atoms with van der Waals surface area (Å²) < 4.78 is 2.09. The molecular weight excluding hydrogens is 336 g/mol. The molecule has 2 N–H and O–H groups in total. The fourth-order valence-electron chi connectivity index (χ4n) is 3.63. The molecule has 4 rings (SSSR count). The molecule has 0 bridgehead atoms. The Balaban J connectivity index is 1.65. The number of guanidine groups is 1. The minimum Gasteiger partial charge on any atom is -0.369 e. The molecular formula is C22H22N4O. The van der Waals surface area contributed by atoms with Gasteiger partial charge in [0.05, 0.1) is 0 Å². The summed E-state index contributed by atoms with van der Waals surface area (Å²) >= 11 is 0. The van der Waals surface area contributed by atoms with Crippen molar-refractivity contribution in [1.29, 1.82) is 0 Å². The van der Waals surface area contributed by atoms with Crippen molar-refractivity contribution in [2.24, 2.45) is 10.7 Å². The second kappa shape index (κ2) is 7.11. The Morgan fingerprint density at radius 3 is 1.93 bits per heavy atom. The first kappa shape index (κ1) is 17.1. The topological polar surface area (TPSA) is 63.6 Å². The number of hydrogen-bond acceptors (Lipinski definition) is 3. The minimum absolute atomic E-state index is 0.0927. The standard InChI is InChI=1S/C22H22N4O/c23-21-24-22(18-10-3-1-4-11-18,19-12-5-2-6-13-19)20(27)26(21)17-9-16-25-14-7-8-15-25/h1-8,10-15H,9,16-17H2,(H2,23,24). The van der Waals surface area contributed by atoms with E-state index in [1.54, 1.807) is 4.90 Å². The van der Waals surface area contributed by atoms with E-state index >= 15 is 0 Å². The lowest BCUT2D eigenvalue weighted by Crippen LogP contribution is -2.44. The molecule has 2 heterocycles. The fourth-order valence-corrected chi connectivity index (χ4v) is 3.63. The zero-order valence-corrected chi connectivity index (χ0v) is 15.0. The van der Waals surface area contributed by atoms with Crippen molar-refractivity contribution in [3.8, 4) is 0 Å². The average Bonchev–Trinajstić information content (AvgIpc) is 3.31. The molecule has 136 valence electrons. The van der Waals surface area contributed by atoms with Gasteiger partial charge >= 0.3 is 0 Å². The molecule has 1 aliphatic rings. The van der Waals surface area contributed by atoms with Crippen molar-refractivity contribution in [1.82, 2.24) is 9.47 Å². The van der Waals surface area contributed by atoms with Crippen molar-refractivity contribution in [3.63, 3.8) is 0 Å². The van der Waals surface area contributed by atoms with Crippen LogP contribution in [0.4, 0.5) is 0 Å². The number of aromatic nitrogens is 1. The van der Waals surface area contributed by atoms with E-state index in [9.17, 15) is 4.79 Å². The predicted octanol–water partition coefficient (Wildman–Crippen LogP) is 2.98. The molecule has 0 atom stereocenters. The summed E-state index contributed by atoms with van der Waals surface area (Å²) in [5.74, 6) is 0.185. The number of carbonyl (C=O) groups excluding carboxylic acids is 1. The van der Waals surface area contributed by atoms with Crippen LogP contribution in [-0.2, 0) is 16.9 Å². The van der Waals surface area contributed by atoms with Crippen LogP contribution in [0.15, 0.2) is 90.2 Å². The van der Waals surface area contributed by atoms with E-state index in [0.717, 1.165) is 24.1 Å². The first-order valence-electron chi connectivity index (χ1n) is 9.11. The summed E-state index contributed by atoms with van der Waals surface area (Å²) in [4.78, 5) is 19.9. The third-order valence-corrected chi connectivity index (χ3v) is 4.96. The Labute approximate surface area is 158 Å². The Bertz CT molecular complexity index is 893. The molecule has 1 amide bonds. The molecule has 0 saturated carbocycles. The van der Waals surface area contributed by atoms with Crippen molar-refractivity contribution in [2.75, 3.05) is 6.54 Å². The molecule has 27 heavy (non-hydrogen) atoms. The molecule has 0 unspecified atom stereocenters. The minimum atomic E-state index is -1.11. The highest BCUT2D eigenvalue weighted by Crippen LogP contribution is 2.39. The third-order valence-electron chi connectivity index (χ3n) is 4.96. The van der Waals surface area contributed by atoms with Gasteiger partial charge < -0.3 is 10.3 Å². The van der Waals surface area contributed by atoms with Gasteiger partial charge in [-0.3, -0.25) is 9.69 Å². The molecule has 0 aliphatic carbocycles. The molecule has 3 aromatic rings. The molecule has 2 aromatic carbocycles. The Morgan fingerprint density at radius 1 is 0.815 bits per heavy atom. The molecule has 1 aliphatic heterocycles. The average molecular weight is 358 g/mol. The fraction of sp³-hybridized carbons (Fsp3) is 0.182. The van der Waals surface area contributed by atoms with E-state index in [1.165, 1.54) is 0 Å². The van der Waals surface area contributed by atoms with E-state index in [0.29, 0.717) is 6.54 Å². The summed E-state index contributed by atoms with van der Waals surface area (Å²) in [6.45, 7) is 1.36. The number of carbonyl (C=O) groups is 1. The molecule has 0 saturated heterocycles. The van der Waals surface area contributed by atoms with Gasteiger partial charge in [-0.1, -0.05) is 60.7 Å². The van der Waals surface area contributed by atoms with Crippen LogP contribution in [0.2, 0.25) is 0 Å². The van der Waals surface area contributed by atoms with Crippen LogP contribution in [-0.4, -0.2) is 27.9 Å². The van der Waals surface area contributed by atoms with Gasteiger partial charge in [-0.05, 0) is 29.7 Å². The van der Waals surface area contributed by atoms with E-state index in [1.807, 2.05) is 85.2 Å². The zero-order chi connectivity index (χ0) is 18.7. The summed E-state index contributed by atoms with van der Waals surface area (Å²) in [5, 5.41) is 0. The van der Waals surface area contributed by atoms with Crippen LogP contribution in [0.25, 0.3) is 0 Å². The van der Waals surface area contributed by atoms with Gasteiger partial charge in [0.15, 0.2) is 11.5 Å². The van der Waals surface area contributed by atoms with Gasteiger partial charge in [-0.25, -0.2) is 4.99 Å². The number of benzene rings is 2. The maximum Gasteiger partial charge on any atom is 0.266 e. The van der Waals surface area contributed by atoms with Crippen LogP contribution in [0.3, 0.4) is 0 Å². The van der Waals surface area contributed by atoms with E-state index in [-0.39, 0.29) is 11.9 Å². The van der Waals surface area contributed by atoms with E-state index in [2.05, 4.69) is 4.57 Å². The lowest BCUT2D eigenvalue weighted by atomic mass is 9.83. The second-order valence-electron chi connectivity index (χ2n) is 6.64. The first-order chi connectivity index (χ1) is 13.2. The maximum absolute atomic E-state index is 13.6. The number of rotatable bonds is 6. The summed E-state index contributed by atoms with van der Waals surface area (Å²) in [6, 6.07) is 23.3. The monoisotopic (exact) mass is 358 g/mol. The zero-order valence-electron chi connectivity index (χ0n) is 15.0.